The molecule has 1 fully saturated rings. The molecule has 0 saturated carbocycles. The fourth-order valence-electron chi connectivity index (χ4n) is 2.98. The van der Waals surface area contributed by atoms with Crippen LogP contribution in [0.5, 0.6) is 0 Å². The molecule has 8 heteroatoms. The SMILES string of the molecule is CCCCCNC(=O)COC(=O)C1CCN(S(=O)(=O)c2ccccc2)CC1. The number of amides is 1. The van der Waals surface area contributed by atoms with E-state index in [4.69, 9.17) is 4.74 Å². The van der Waals surface area contributed by atoms with E-state index in [1.165, 1.54) is 4.31 Å². The second-order valence-electron chi connectivity index (χ2n) is 6.66. The van der Waals surface area contributed by atoms with Crippen LogP contribution >= 0.6 is 0 Å². The molecule has 0 radical (unpaired) electrons. The van der Waals surface area contributed by atoms with E-state index in [2.05, 4.69) is 12.2 Å². The number of hydrogen-bond acceptors (Lipinski definition) is 5. The molecule has 150 valence electrons. The molecule has 1 aromatic rings. The Morgan fingerprint density at radius 1 is 1.15 bits per heavy atom. The van der Waals surface area contributed by atoms with Gasteiger partial charge in [-0.25, -0.2) is 8.42 Å². The largest absolute Gasteiger partial charge is 0.455 e. The van der Waals surface area contributed by atoms with E-state index in [-0.39, 0.29) is 36.4 Å². The quantitative estimate of drug-likeness (QED) is 0.509. The van der Waals surface area contributed by atoms with Crippen molar-refractivity contribution in [3.05, 3.63) is 30.3 Å². The lowest BCUT2D eigenvalue weighted by Crippen LogP contribution is -2.41. The highest BCUT2D eigenvalue weighted by molar-refractivity contribution is 7.89. The molecular formula is C19H28N2O5S. The van der Waals surface area contributed by atoms with Crippen LogP contribution in [-0.4, -0.2) is 50.8 Å². The average Bonchev–Trinajstić information content (AvgIpc) is 2.70. The number of benzene rings is 1. The zero-order chi connectivity index (χ0) is 19.7. The number of rotatable bonds is 9. The molecule has 27 heavy (non-hydrogen) atoms. The second-order valence-corrected chi connectivity index (χ2v) is 8.59. The third-order valence-electron chi connectivity index (χ3n) is 4.62. The van der Waals surface area contributed by atoms with E-state index in [0.717, 1.165) is 19.3 Å². The molecule has 0 atom stereocenters. The molecule has 0 aromatic heterocycles. The van der Waals surface area contributed by atoms with Gasteiger partial charge in [-0.3, -0.25) is 9.59 Å². The molecule has 1 aliphatic rings. The Hall–Kier alpha value is -1.93. The molecule has 1 aliphatic heterocycles. The van der Waals surface area contributed by atoms with Gasteiger partial charge in [-0.1, -0.05) is 38.0 Å². The number of piperidine rings is 1. The van der Waals surface area contributed by atoms with Crippen molar-refractivity contribution >= 4 is 21.9 Å². The van der Waals surface area contributed by atoms with Gasteiger partial charge in [-0.15, -0.1) is 0 Å². The third kappa shape index (κ3) is 6.32. The van der Waals surface area contributed by atoms with Gasteiger partial charge in [0.15, 0.2) is 6.61 Å². The molecule has 0 bridgehead atoms. The van der Waals surface area contributed by atoms with Gasteiger partial charge in [-0.2, -0.15) is 4.31 Å². The van der Waals surface area contributed by atoms with Crippen molar-refractivity contribution in [1.29, 1.82) is 0 Å². The summed E-state index contributed by atoms with van der Waals surface area (Å²) in [5.41, 5.74) is 0. The summed E-state index contributed by atoms with van der Waals surface area (Å²) in [5.74, 6) is -1.11. The molecule has 0 unspecified atom stereocenters. The summed E-state index contributed by atoms with van der Waals surface area (Å²) in [7, 11) is -3.53. The number of nitrogens with one attached hydrogen (secondary N) is 1. The highest BCUT2D eigenvalue weighted by Gasteiger charge is 2.32. The molecule has 1 amide bonds. The van der Waals surface area contributed by atoms with Gasteiger partial charge in [0, 0.05) is 19.6 Å². The first-order valence-electron chi connectivity index (χ1n) is 9.43. The zero-order valence-electron chi connectivity index (χ0n) is 15.7. The van der Waals surface area contributed by atoms with Crippen molar-refractivity contribution in [2.45, 2.75) is 43.9 Å². The van der Waals surface area contributed by atoms with Crippen LogP contribution in [0.2, 0.25) is 0 Å². The van der Waals surface area contributed by atoms with Crippen LogP contribution in [0, 0.1) is 5.92 Å². The topological polar surface area (TPSA) is 92.8 Å². The van der Waals surface area contributed by atoms with Gasteiger partial charge in [0.25, 0.3) is 5.91 Å². The summed E-state index contributed by atoms with van der Waals surface area (Å²) < 4.78 is 31.6. The zero-order valence-corrected chi connectivity index (χ0v) is 16.5. The van der Waals surface area contributed by atoms with Crippen LogP contribution in [0.3, 0.4) is 0 Å². The number of nitrogens with zero attached hydrogens (tertiary/aromatic N) is 1. The minimum absolute atomic E-state index is 0.255. The van der Waals surface area contributed by atoms with Crippen molar-refractivity contribution in [3.63, 3.8) is 0 Å². The Labute approximate surface area is 161 Å². The minimum atomic E-state index is -3.53. The van der Waals surface area contributed by atoms with Crippen molar-refractivity contribution < 1.29 is 22.7 Å². The van der Waals surface area contributed by atoms with Crippen LogP contribution in [0.15, 0.2) is 35.2 Å². The van der Waals surface area contributed by atoms with E-state index in [9.17, 15) is 18.0 Å². The Morgan fingerprint density at radius 2 is 1.81 bits per heavy atom. The maximum atomic E-state index is 12.6. The number of unbranched alkanes of at least 4 members (excludes halogenated alkanes) is 2. The number of sulfonamides is 1. The summed E-state index contributed by atoms with van der Waals surface area (Å²) >= 11 is 0. The molecule has 2 rings (SSSR count). The fourth-order valence-corrected chi connectivity index (χ4v) is 4.47. The lowest BCUT2D eigenvalue weighted by atomic mass is 9.98. The average molecular weight is 397 g/mol. The van der Waals surface area contributed by atoms with Gasteiger partial charge in [0.2, 0.25) is 10.0 Å². The van der Waals surface area contributed by atoms with Crippen LogP contribution in [-0.2, 0) is 24.3 Å². The number of carbonyl (C=O) groups is 2. The predicted octanol–water partition coefficient (Wildman–Crippen LogP) is 1.94. The fraction of sp³-hybridized carbons (Fsp3) is 0.579. The molecular weight excluding hydrogens is 368 g/mol. The normalized spacial score (nSPS) is 16.0. The van der Waals surface area contributed by atoms with Crippen molar-refractivity contribution in [2.24, 2.45) is 5.92 Å². The highest BCUT2D eigenvalue weighted by Crippen LogP contribution is 2.24. The molecule has 7 nitrogen and oxygen atoms in total. The molecule has 1 aromatic carbocycles. The van der Waals surface area contributed by atoms with E-state index < -0.39 is 16.0 Å². The number of carbonyl (C=O) groups excluding carboxylic acids is 2. The standard InChI is InChI=1S/C19H28N2O5S/c1-2-3-7-12-20-18(22)15-26-19(23)16-10-13-21(14-11-16)27(24,25)17-8-5-4-6-9-17/h4-6,8-9,16H,2-3,7,10-15H2,1H3,(H,20,22). The number of esters is 1. The maximum absolute atomic E-state index is 12.6. The van der Waals surface area contributed by atoms with Gasteiger partial charge in [0.05, 0.1) is 10.8 Å². The first-order valence-corrected chi connectivity index (χ1v) is 10.9. The van der Waals surface area contributed by atoms with Crippen LogP contribution in [0.25, 0.3) is 0 Å². The van der Waals surface area contributed by atoms with Gasteiger partial charge in [-0.05, 0) is 31.4 Å². The predicted molar refractivity (Wildman–Crippen MR) is 101 cm³/mol. The first kappa shape index (κ1) is 21.4. The monoisotopic (exact) mass is 396 g/mol. The summed E-state index contributed by atoms with van der Waals surface area (Å²) in [6.07, 6.45) is 3.81. The first-order chi connectivity index (χ1) is 12.9. The van der Waals surface area contributed by atoms with E-state index >= 15 is 0 Å². The van der Waals surface area contributed by atoms with Crippen LogP contribution in [0.1, 0.15) is 39.0 Å². The molecule has 1 N–H and O–H groups in total. The van der Waals surface area contributed by atoms with Crippen LogP contribution < -0.4 is 5.32 Å². The smallest absolute Gasteiger partial charge is 0.309 e. The van der Waals surface area contributed by atoms with Gasteiger partial charge >= 0.3 is 5.97 Å². The van der Waals surface area contributed by atoms with E-state index in [1.807, 2.05) is 0 Å². The summed E-state index contributed by atoms with van der Waals surface area (Å²) in [4.78, 5) is 24.0. The Morgan fingerprint density at radius 3 is 2.44 bits per heavy atom. The second kappa shape index (κ2) is 10.4. The molecule has 1 saturated heterocycles. The third-order valence-corrected chi connectivity index (χ3v) is 6.53. The Kier molecular flexibility index (Phi) is 8.24. The highest BCUT2D eigenvalue weighted by atomic mass is 32.2. The molecule has 0 aliphatic carbocycles. The maximum Gasteiger partial charge on any atom is 0.309 e. The molecule has 1 heterocycles. The van der Waals surface area contributed by atoms with Crippen molar-refractivity contribution in [2.75, 3.05) is 26.2 Å². The Balaban J connectivity index is 1.75. The summed E-state index contributed by atoms with van der Waals surface area (Å²) in [5, 5.41) is 2.72. The number of ether oxygens (including phenoxy) is 1. The van der Waals surface area contributed by atoms with E-state index in [1.54, 1.807) is 30.3 Å². The lowest BCUT2D eigenvalue weighted by Gasteiger charge is -2.30. The van der Waals surface area contributed by atoms with E-state index in [0.29, 0.717) is 19.4 Å². The molecule has 0 spiro atoms. The Bertz CT molecular complexity index is 713. The summed E-state index contributed by atoms with van der Waals surface area (Å²) in [6, 6.07) is 8.26. The summed E-state index contributed by atoms with van der Waals surface area (Å²) in [6.45, 7) is 2.91. The van der Waals surface area contributed by atoms with Gasteiger partial charge in [0.1, 0.15) is 0 Å². The number of hydrogen-bond donors (Lipinski definition) is 1. The van der Waals surface area contributed by atoms with Crippen molar-refractivity contribution in [1.82, 2.24) is 9.62 Å². The minimum Gasteiger partial charge on any atom is -0.455 e. The lowest BCUT2D eigenvalue weighted by molar-refractivity contribution is -0.153. The van der Waals surface area contributed by atoms with Gasteiger partial charge < -0.3 is 10.1 Å². The van der Waals surface area contributed by atoms with Crippen molar-refractivity contribution in [3.8, 4) is 0 Å². The van der Waals surface area contributed by atoms with Crippen LogP contribution in [0.4, 0.5) is 0 Å².